The highest BCUT2D eigenvalue weighted by molar-refractivity contribution is 7.12. The average molecular weight is 303 g/mol. The molecule has 1 heterocycles. The van der Waals surface area contributed by atoms with Gasteiger partial charge in [0.1, 0.15) is 0 Å². The van der Waals surface area contributed by atoms with Crippen LogP contribution in [0, 0.1) is 0 Å². The van der Waals surface area contributed by atoms with Crippen molar-refractivity contribution in [1.82, 2.24) is 5.32 Å². The first-order valence-electron chi connectivity index (χ1n) is 7.71. The second-order valence-electron chi connectivity index (χ2n) is 5.17. The molecule has 1 aromatic heterocycles. The van der Waals surface area contributed by atoms with Gasteiger partial charge >= 0.3 is 0 Å². The fourth-order valence-corrected chi connectivity index (χ4v) is 3.24. The standard InChI is InChI=1S/C18H25NOS/c1-4-17-10-11-18(21-17)14(3)19-12-15-8-6-7-9-16(15)13-20-5-2/h6-11,14,19H,4-5,12-13H2,1-3H3. The fourth-order valence-electron chi connectivity index (χ4n) is 2.26. The van der Waals surface area contributed by atoms with Gasteiger partial charge in [-0.1, -0.05) is 31.2 Å². The highest BCUT2D eigenvalue weighted by Crippen LogP contribution is 2.24. The number of ether oxygens (including phenoxy) is 1. The third-order valence-electron chi connectivity index (χ3n) is 3.64. The van der Waals surface area contributed by atoms with Crippen LogP contribution in [0.3, 0.4) is 0 Å². The van der Waals surface area contributed by atoms with E-state index in [-0.39, 0.29) is 0 Å². The predicted molar refractivity (Wildman–Crippen MR) is 90.7 cm³/mol. The predicted octanol–water partition coefficient (Wildman–Crippen LogP) is 4.70. The SMILES string of the molecule is CCOCc1ccccc1CNC(C)c1ccc(CC)s1. The zero-order valence-electron chi connectivity index (χ0n) is 13.2. The summed E-state index contributed by atoms with van der Waals surface area (Å²) < 4.78 is 5.54. The van der Waals surface area contributed by atoms with Crippen LogP contribution in [0.25, 0.3) is 0 Å². The van der Waals surface area contributed by atoms with E-state index in [4.69, 9.17) is 4.74 Å². The third kappa shape index (κ3) is 4.67. The molecule has 21 heavy (non-hydrogen) atoms. The van der Waals surface area contributed by atoms with Crippen LogP contribution >= 0.6 is 11.3 Å². The van der Waals surface area contributed by atoms with Crippen LogP contribution in [0.2, 0.25) is 0 Å². The summed E-state index contributed by atoms with van der Waals surface area (Å²) in [6, 6.07) is 13.4. The Hall–Kier alpha value is -1.16. The van der Waals surface area contributed by atoms with Gasteiger partial charge in [-0.15, -0.1) is 11.3 Å². The second kappa shape index (κ2) is 8.32. The lowest BCUT2D eigenvalue weighted by Crippen LogP contribution is -2.18. The molecule has 0 saturated carbocycles. The molecule has 3 heteroatoms. The minimum atomic E-state index is 0.385. The van der Waals surface area contributed by atoms with Gasteiger partial charge < -0.3 is 10.1 Å². The Bertz CT molecular complexity index is 550. The fraction of sp³-hybridized carbons (Fsp3) is 0.444. The van der Waals surface area contributed by atoms with Gasteiger partial charge in [-0.2, -0.15) is 0 Å². The molecule has 1 N–H and O–H groups in total. The molecule has 0 saturated heterocycles. The molecule has 0 aliphatic heterocycles. The van der Waals surface area contributed by atoms with Gasteiger partial charge in [0.15, 0.2) is 0 Å². The molecule has 2 aromatic rings. The van der Waals surface area contributed by atoms with Crippen molar-refractivity contribution in [3.8, 4) is 0 Å². The maximum absolute atomic E-state index is 5.54. The summed E-state index contributed by atoms with van der Waals surface area (Å²) in [6.45, 7) is 8.80. The summed E-state index contributed by atoms with van der Waals surface area (Å²) in [5, 5.41) is 3.62. The van der Waals surface area contributed by atoms with Crippen molar-refractivity contribution in [2.24, 2.45) is 0 Å². The Morgan fingerprint density at radius 2 is 1.86 bits per heavy atom. The Morgan fingerprint density at radius 1 is 1.10 bits per heavy atom. The van der Waals surface area contributed by atoms with Crippen molar-refractivity contribution < 1.29 is 4.74 Å². The zero-order chi connectivity index (χ0) is 15.1. The Labute approximate surface area is 132 Å². The van der Waals surface area contributed by atoms with Crippen molar-refractivity contribution in [2.75, 3.05) is 6.61 Å². The lowest BCUT2D eigenvalue weighted by molar-refractivity contribution is 0.133. The first-order valence-corrected chi connectivity index (χ1v) is 8.52. The molecule has 1 unspecified atom stereocenters. The number of rotatable bonds is 8. The Morgan fingerprint density at radius 3 is 2.52 bits per heavy atom. The molecule has 1 atom stereocenters. The van der Waals surface area contributed by atoms with Crippen LogP contribution in [0.1, 0.15) is 47.7 Å². The van der Waals surface area contributed by atoms with Gasteiger partial charge in [-0.25, -0.2) is 0 Å². The molecule has 0 aliphatic rings. The van der Waals surface area contributed by atoms with E-state index in [0.29, 0.717) is 12.6 Å². The van der Waals surface area contributed by atoms with E-state index in [1.54, 1.807) is 0 Å². The largest absolute Gasteiger partial charge is 0.377 e. The summed E-state index contributed by atoms with van der Waals surface area (Å²) in [7, 11) is 0. The summed E-state index contributed by atoms with van der Waals surface area (Å²) in [6.07, 6.45) is 1.12. The van der Waals surface area contributed by atoms with Gasteiger partial charge in [0.05, 0.1) is 6.61 Å². The smallest absolute Gasteiger partial charge is 0.0719 e. The first-order chi connectivity index (χ1) is 10.2. The number of hydrogen-bond donors (Lipinski definition) is 1. The second-order valence-corrected chi connectivity index (χ2v) is 6.37. The summed E-state index contributed by atoms with van der Waals surface area (Å²) in [5.74, 6) is 0. The van der Waals surface area contributed by atoms with Crippen LogP contribution in [0.5, 0.6) is 0 Å². The first kappa shape index (κ1) is 16.2. The number of nitrogens with one attached hydrogen (secondary N) is 1. The van der Waals surface area contributed by atoms with E-state index < -0.39 is 0 Å². The molecule has 1 aromatic carbocycles. The number of aryl methyl sites for hydroxylation is 1. The van der Waals surface area contributed by atoms with E-state index in [2.05, 4.69) is 55.6 Å². The van der Waals surface area contributed by atoms with E-state index in [1.807, 2.05) is 18.3 Å². The molecule has 0 bridgehead atoms. The molecular formula is C18H25NOS. The van der Waals surface area contributed by atoms with Crippen LogP contribution in [-0.2, 0) is 24.3 Å². The maximum Gasteiger partial charge on any atom is 0.0719 e. The molecular weight excluding hydrogens is 278 g/mol. The minimum absolute atomic E-state index is 0.385. The van der Waals surface area contributed by atoms with E-state index in [0.717, 1.165) is 19.6 Å². The number of benzene rings is 1. The molecule has 0 spiro atoms. The lowest BCUT2D eigenvalue weighted by atomic mass is 10.1. The van der Waals surface area contributed by atoms with E-state index in [9.17, 15) is 0 Å². The van der Waals surface area contributed by atoms with Crippen molar-refractivity contribution in [3.63, 3.8) is 0 Å². The molecule has 114 valence electrons. The average Bonchev–Trinajstić information content (AvgIpc) is 3.00. The number of hydrogen-bond acceptors (Lipinski definition) is 3. The molecule has 2 nitrogen and oxygen atoms in total. The summed E-state index contributed by atoms with van der Waals surface area (Å²) in [4.78, 5) is 2.87. The topological polar surface area (TPSA) is 21.3 Å². The van der Waals surface area contributed by atoms with Gasteiger partial charge in [0.25, 0.3) is 0 Å². The maximum atomic E-state index is 5.54. The highest BCUT2D eigenvalue weighted by Gasteiger charge is 2.09. The zero-order valence-corrected chi connectivity index (χ0v) is 14.0. The minimum Gasteiger partial charge on any atom is -0.377 e. The van der Waals surface area contributed by atoms with Crippen LogP contribution in [0.15, 0.2) is 36.4 Å². The summed E-state index contributed by atoms with van der Waals surface area (Å²) >= 11 is 1.91. The molecule has 2 rings (SSSR count). The van der Waals surface area contributed by atoms with Crippen molar-refractivity contribution >= 4 is 11.3 Å². The quantitative estimate of drug-likeness (QED) is 0.763. The molecule has 0 amide bonds. The van der Waals surface area contributed by atoms with Crippen LogP contribution in [0.4, 0.5) is 0 Å². The monoisotopic (exact) mass is 303 g/mol. The van der Waals surface area contributed by atoms with Crippen LogP contribution in [-0.4, -0.2) is 6.61 Å². The number of thiophene rings is 1. The molecule has 0 aliphatic carbocycles. The highest BCUT2D eigenvalue weighted by atomic mass is 32.1. The van der Waals surface area contributed by atoms with Crippen molar-refractivity contribution in [3.05, 3.63) is 57.3 Å². The molecule has 0 radical (unpaired) electrons. The van der Waals surface area contributed by atoms with E-state index in [1.165, 1.54) is 20.9 Å². The van der Waals surface area contributed by atoms with Gasteiger partial charge in [-0.05, 0) is 43.5 Å². The Balaban J connectivity index is 1.95. The van der Waals surface area contributed by atoms with Crippen LogP contribution < -0.4 is 5.32 Å². The van der Waals surface area contributed by atoms with Gasteiger partial charge in [-0.3, -0.25) is 0 Å². The van der Waals surface area contributed by atoms with E-state index >= 15 is 0 Å². The van der Waals surface area contributed by atoms with Gasteiger partial charge in [0.2, 0.25) is 0 Å². The summed E-state index contributed by atoms with van der Waals surface area (Å²) in [5.41, 5.74) is 2.60. The molecule has 0 fully saturated rings. The van der Waals surface area contributed by atoms with Crippen molar-refractivity contribution in [2.45, 2.75) is 46.4 Å². The normalized spacial score (nSPS) is 12.5. The third-order valence-corrected chi connectivity index (χ3v) is 5.05. The van der Waals surface area contributed by atoms with Gasteiger partial charge in [0, 0.05) is 28.9 Å². The lowest BCUT2D eigenvalue weighted by Gasteiger charge is -2.15. The Kier molecular flexibility index (Phi) is 6.43. The van der Waals surface area contributed by atoms with Crippen molar-refractivity contribution in [1.29, 1.82) is 0 Å².